The highest BCUT2D eigenvalue weighted by atomic mass is 79.9. The van der Waals surface area contributed by atoms with E-state index in [0.29, 0.717) is 23.9 Å². The molecule has 0 spiro atoms. The fraction of sp³-hybridized carbons (Fsp3) is 0.333. The lowest BCUT2D eigenvalue weighted by Gasteiger charge is -2.08. The van der Waals surface area contributed by atoms with Crippen molar-refractivity contribution in [1.82, 2.24) is 15.3 Å². The fourth-order valence-corrected chi connectivity index (χ4v) is 2.21. The van der Waals surface area contributed by atoms with Gasteiger partial charge in [0.2, 0.25) is 0 Å². The van der Waals surface area contributed by atoms with Crippen LogP contribution >= 0.6 is 15.9 Å². The largest absolute Gasteiger partial charge is 0.311 e. The van der Waals surface area contributed by atoms with Gasteiger partial charge in [-0.15, -0.1) is 0 Å². The Kier molecular flexibility index (Phi) is 5.20. The first-order valence-electron chi connectivity index (χ1n) is 6.54. The Balaban J connectivity index is 2.19. The number of rotatable bonds is 5. The maximum absolute atomic E-state index is 13.3. The number of nitrogens with one attached hydrogen (secondary N) is 1. The van der Waals surface area contributed by atoms with Crippen LogP contribution in [0.15, 0.2) is 34.9 Å². The Morgan fingerprint density at radius 1 is 1.30 bits per heavy atom. The highest BCUT2D eigenvalue weighted by molar-refractivity contribution is 9.10. The minimum atomic E-state index is -0.296. The first-order valence-corrected chi connectivity index (χ1v) is 7.33. The van der Waals surface area contributed by atoms with Gasteiger partial charge in [0.25, 0.3) is 0 Å². The Bertz CT molecular complexity index is 587. The summed E-state index contributed by atoms with van der Waals surface area (Å²) in [7, 11) is 0. The van der Waals surface area contributed by atoms with E-state index in [2.05, 4.69) is 45.1 Å². The lowest BCUT2D eigenvalue weighted by atomic mass is 10.2. The second-order valence-corrected chi connectivity index (χ2v) is 5.87. The van der Waals surface area contributed by atoms with Crippen molar-refractivity contribution in [2.75, 3.05) is 6.54 Å². The van der Waals surface area contributed by atoms with Crippen LogP contribution in [0.3, 0.4) is 0 Å². The van der Waals surface area contributed by atoms with E-state index in [9.17, 15) is 4.39 Å². The van der Waals surface area contributed by atoms with Gasteiger partial charge in [0, 0.05) is 22.8 Å². The molecule has 106 valence electrons. The number of nitrogens with zero attached hydrogens (tertiary/aromatic N) is 2. The maximum atomic E-state index is 13.3. The molecule has 2 aromatic rings. The van der Waals surface area contributed by atoms with Crippen LogP contribution < -0.4 is 5.32 Å². The Labute approximate surface area is 126 Å². The van der Waals surface area contributed by atoms with Crippen LogP contribution in [0.1, 0.15) is 19.5 Å². The molecule has 3 nitrogen and oxygen atoms in total. The molecular weight excluding hydrogens is 321 g/mol. The molecule has 0 aliphatic heterocycles. The molecule has 1 heterocycles. The van der Waals surface area contributed by atoms with Crippen LogP contribution in [0.5, 0.6) is 0 Å². The van der Waals surface area contributed by atoms with Gasteiger partial charge in [0.05, 0.1) is 5.69 Å². The molecule has 0 saturated heterocycles. The van der Waals surface area contributed by atoms with Gasteiger partial charge in [-0.25, -0.2) is 14.4 Å². The van der Waals surface area contributed by atoms with Crippen LogP contribution in [-0.2, 0) is 6.54 Å². The highest BCUT2D eigenvalue weighted by Crippen LogP contribution is 2.26. The van der Waals surface area contributed by atoms with Crippen LogP contribution in [0.2, 0.25) is 0 Å². The molecule has 1 N–H and O–H groups in total. The number of aromatic nitrogens is 2. The molecule has 5 heteroatoms. The van der Waals surface area contributed by atoms with Crippen molar-refractivity contribution in [1.29, 1.82) is 0 Å². The molecule has 20 heavy (non-hydrogen) atoms. The molecule has 0 aliphatic rings. The molecule has 0 unspecified atom stereocenters. The van der Waals surface area contributed by atoms with E-state index >= 15 is 0 Å². The van der Waals surface area contributed by atoms with Crippen molar-refractivity contribution in [3.8, 4) is 11.4 Å². The van der Waals surface area contributed by atoms with Crippen LogP contribution in [0.25, 0.3) is 11.4 Å². The molecule has 0 aliphatic carbocycles. The summed E-state index contributed by atoms with van der Waals surface area (Å²) >= 11 is 3.40. The zero-order chi connectivity index (χ0) is 14.5. The summed E-state index contributed by atoms with van der Waals surface area (Å²) in [5, 5.41) is 3.33. The average molecular weight is 338 g/mol. The first-order chi connectivity index (χ1) is 9.56. The lowest BCUT2D eigenvalue weighted by Crippen LogP contribution is -2.19. The van der Waals surface area contributed by atoms with Crippen molar-refractivity contribution in [2.24, 2.45) is 5.92 Å². The minimum Gasteiger partial charge on any atom is -0.311 e. The number of hydrogen-bond donors (Lipinski definition) is 1. The van der Waals surface area contributed by atoms with E-state index in [1.807, 2.05) is 6.07 Å². The summed E-state index contributed by atoms with van der Waals surface area (Å²) in [5.74, 6) is 0.823. The molecule has 0 saturated carbocycles. The van der Waals surface area contributed by atoms with E-state index in [4.69, 9.17) is 0 Å². The summed E-state index contributed by atoms with van der Waals surface area (Å²) in [4.78, 5) is 8.69. The van der Waals surface area contributed by atoms with Crippen LogP contribution in [0, 0.1) is 11.7 Å². The first kappa shape index (κ1) is 15.1. The third-order valence-corrected chi connectivity index (χ3v) is 3.43. The zero-order valence-electron chi connectivity index (χ0n) is 11.5. The quantitative estimate of drug-likeness (QED) is 0.901. The minimum absolute atomic E-state index is 0.296. The van der Waals surface area contributed by atoms with E-state index in [0.717, 1.165) is 16.7 Å². The van der Waals surface area contributed by atoms with Crippen LogP contribution in [-0.4, -0.2) is 16.5 Å². The fourth-order valence-electron chi connectivity index (χ4n) is 1.78. The van der Waals surface area contributed by atoms with Crippen molar-refractivity contribution in [3.63, 3.8) is 0 Å². The molecular formula is C15H17BrFN3. The topological polar surface area (TPSA) is 37.8 Å². The lowest BCUT2D eigenvalue weighted by molar-refractivity contribution is 0.548. The number of hydrogen-bond acceptors (Lipinski definition) is 3. The van der Waals surface area contributed by atoms with E-state index in [1.165, 1.54) is 12.1 Å². The molecule has 0 atom stereocenters. The van der Waals surface area contributed by atoms with E-state index in [1.54, 1.807) is 12.3 Å². The highest BCUT2D eigenvalue weighted by Gasteiger charge is 2.08. The summed E-state index contributed by atoms with van der Waals surface area (Å²) in [6.45, 7) is 5.92. The van der Waals surface area contributed by atoms with Crippen molar-refractivity contribution in [3.05, 3.63) is 46.4 Å². The monoisotopic (exact) mass is 337 g/mol. The van der Waals surface area contributed by atoms with Crippen molar-refractivity contribution < 1.29 is 4.39 Å². The molecule has 1 aromatic heterocycles. The molecule has 0 fully saturated rings. The van der Waals surface area contributed by atoms with Gasteiger partial charge in [-0.3, -0.25) is 0 Å². The van der Waals surface area contributed by atoms with Gasteiger partial charge >= 0.3 is 0 Å². The van der Waals surface area contributed by atoms with E-state index < -0.39 is 0 Å². The number of benzene rings is 1. The summed E-state index contributed by atoms with van der Waals surface area (Å²) in [5.41, 5.74) is 1.56. The van der Waals surface area contributed by atoms with Gasteiger partial charge in [-0.1, -0.05) is 29.8 Å². The van der Waals surface area contributed by atoms with Crippen LogP contribution in [0.4, 0.5) is 4.39 Å². The normalized spacial score (nSPS) is 11.1. The Morgan fingerprint density at radius 2 is 2.10 bits per heavy atom. The second kappa shape index (κ2) is 6.90. The molecule has 0 bridgehead atoms. The SMILES string of the molecule is CC(C)CNCc1ccnc(-c2cc(F)ccc2Br)n1. The van der Waals surface area contributed by atoms with Gasteiger partial charge in [0.1, 0.15) is 5.82 Å². The molecule has 1 aromatic carbocycles. The standard InChI is InChI=1S/C15H17BrFN3/c1-10(2)8-18-9-12-5-6-19-15(20-12)13-7-11(17)3-4-14(13)16/h3-7,10,18H,8-9H2,1-2H3. The second-order valence-electron chi connectivity index (χ2n) is 5.02. The molecule has 0 amide bonds. The average Bonchev–Trinajstić information content (AvgIpc) is 2.41. The summed E-state index contributed by atoms with van der Waals surface area (Å²) in [6.07, 6.45) is 1.70. The van der Waals surface area contributed by atoms with E-state index in [-0.39, 0.29) is 5.82 Å². The zero-order valence-corrected chi connectivity index (χ0v) is 13.1. The predicted octanol–water partition coefficient (Wildman–Crippen LogP) is 3.79. The van der Waals surface area contributed by atoms with Crippen molar-refractivity contribution in [2.45, 2.75) is 20.4 Å². The van der Waals surface area contributed by atoms with Gasteiger partial charge in [-0.05, 0) is 36.7 Å². The van der Waals surface area contributed by atoms with Crippen molar-refractivity contribution >= 4 is 15.9 Å². The maximum Gasteiger partial charge on any atom is 0.160 e. The predicted molar refractivity (Wildman–Crippen MR) is 81.7 cm³/mol. The Hall–Kier alpha value is -1.33. The Morgan fingerprint density at radius 3 is 2.85 bits per heavy atom. The third kappa shape index (κ3) is 4.08. The summed E-state index contributed by atoms with van der Waals surface area (Å²) in [6, 6.07) is 6.37. The number of halogens is 2. The van der Waals surface area contributed by atoms with Gasteiger partial charge in [0.15, 0.2) is 5.82 Å². The summed E-state index contributed by atoms with van der Waals surface area (Å²) < 4.78 is 14.1. The molecule has 0 radical (unpaired) electrons. The van der Waals surface area contributed by atoms with Gasteiger partial charge in [-0.2, -0.15) is 0 Å². The third-order valence-electron chi connectivity index (χ3n) is 2.74. The molecule has 2 rings (SSSR count). The van der Waals surface area contributed by atoms with Gasteiger partial charge < -0.3 is 5.32 Å². The smallest absolute Gasteiger partial charge is 0.160 e.